The summed E-state index contributed by atoms with van der Waals surface area (Å²) in [5, 5.41) is 9.05. The Morgan fingerprint density at radius 3 is 2.46 bits per heavy atom. The van der Waals surface area contributed by atoms with Gasteiger partial charge in [0.15, 0.2) is 0 Å². The lowest BCUT2D eigenvalue weighted by Gasteiger charge is -2.27. The molecule has 13 heavy (non-hydrogen) atoms. The van der Waals surface area contributed by atoms with Gasteiger partial charge in [-0.15, -0.1) is 0 Å². The van der Waals surface area contributed by atoms with Crippen molar-refractivity contribution in [1.82, 2.24) is 4.90 Å². The van der Waals surface area contributed by atoms with Gasteiger partial charge in [-0.2, -0.15) is 5.26 Å². The van der Waals surface area contributed by atoms with Crippen LogP contribution in [0, 0.1) is 17.2 Å². The molecule has 0 spiro atoms. The van der Waals surface area contributed by atoms with E-state index in [0.717, 1.165) is 32.5 Å². The molecule has 2 aliphatic rings. The Hall–Kier alpha value is -0.590. The number of rotatable bonds is 3. The summed E-state index contributed by atoms with van der Waals surface area (Å²) in [7, 11) is 0. The molecule has 2 rings (SSSR count). The highest BCUT2D eigenvalue weighted by Gasteiger charge is 2.43. The number of hydrogen-bond donors (Lipinski definition) is 1. The lowest BCUT2D eigenvalue weighted by atomic mass is 9.96. The minimum absolute atomic E-state index is 0.470. The molecule has 0 aromatic heterocycles. The third-order valence-electron chi connectivity index (χ3n) is 3.20. The maximum Gasteiger partial charge on any atom is 0.119 e. The van der Waals surface area contributed by atoms with Gasteiger partial charge in [-0.25, -0.2) is 0 Å². The van der Waals surface area contributed by atoms with Gasteiger partial charge in [0.25, 0.3) is 0 Å². The molecule has 3 nitrogen and oxygen atoms in total. The maximum atomic E-state index is 9.05. The van der Waals surface area contributed by atoms with E-state index in [1.165, 1.54) is 12.8 Å². The number of nitrogens with two attached hydrogens (primary N) is 1. The monoisotopic (exact) mass is 179 g/mol. The highest BCUT2D eigenvalue weighted by molar-refractivity contribution is 5.14. The Bertz CT molecular complexity index is 223. The molecule has 1 aliphatic heterocycles. The van der Waals surface area contributed by atoms with Crippen LogP contribution in [0.2, 0.25) is 0 Å². The molecule has 0 aromatic carbocycles. The van der Waals surface area contributed by atoms with Crippen LogP contribution in [0.15, 0.2) is 0 Å². The molecule has 1 saturated carbocycles. The van der Waals surface area contributed by atoms with E-state index in [-0.39, 0.29) is 0 Å². The van der Waals surface area contributed by atoms with Crippen LogP contribution >= 0.6 is 0 Å². The summed E-state index contributed by atoms with van der Waals surface area (Å²) in [4.78, 5) is 2.33. The summed E-state index contributed by atoms with van der Waals surface area (Å²) in [5.74, 6) is 0.470. The van der Waals surface area contributed by atoms with Crippen molar-refractivity contribution >= 4 is 0 Å². The van der Waals surface area contributed by atoms with E-state index in [4.69, 9.17) is 11.0 Å². The van der Waals surface area contributed by atoms with E-state index < -0.39 is 5.54 Å². The third kappa shape index (κ3) is 1.84. The molecule has 0 aromatic rings. The minimum Gasteiger partial charge on any atom is -0.312 e. The SMILES string of the molecule is N#CC(N)(CN1CCCC1)C1CC1. The van der Waals surface area contributed by atoms with Crippen LogP contribution < -0.4 is 5.73 Å². The molecule has 1 aliphatic carbocycles. The molecule has 3 heteroatoms. The molecule has 1 saturated heterocycles. The van der Waals surface area contributed by atoms with E-state index in [2.05, 4.69) is 11.0 Å². The van der Waals surface area contributed by atoms with E-state index in [1.54, 1.807) is 0 Å². The second-order valence-corrected chi connectivity index (χ2v) is 4.41. The molecule has 0 bridgehead atoms. The predicted molar refractivity (Wildman–Crippen MR) is 50.9 cm³/mol. The van der Waals surface area contributed by atoms with Gasteiger partial charge in [0.2, 0.25) is 0 Å². The second-order valence-electron chi connectivity index (χ2n) is 4.41. The number of nitrogens with zero attached hydrogens (tertiary/aromatic N) is 2. The van der Waals surface area contributed by atoms with Gasteiger partial charge in [-0.05, 0) is 44.7 Å². The first-order chi connectivity index (χ1) is 6.24. The minimum atomic E-state index is -0.551. The van der Waals surface area contributed by atoms with Crippen molar-refractivity contribution in [2.75, 3.05) is 19.6 Å². The average molecular weight is 179 g/mol. The summed E-state index contributed by atoms with van der Waals surface area (Å²) in [6, 6.07) is 2.30. The van der Waals surface area contributed by atoms with Gasteiger partial charge in [0, 0.05) is 6.54 Å². The zero-order chi connectivity index (χ0) is 9.31. The summed E-state index contributed by atoms with van der Waals surface area (Å²) in [5.41, 5.74) is 5.53. The number of nitriles is 1. The van der Waals surface area contributed by atoms with Crippen LogP contribution in [0.3, 0.4) is 0 Å². The first-order valence-electron chi connectivity index (χ1n) is 5.17. The fraction of sp³-hybridized carbons (Fsp3) is 0.900. The van der Waals surface area contributed by atoms with Gasteiger partial charge >= 0.3 is 0 Å². The summed E-state index contributed by atoms with van der Waals surface area (Å²) in [6.07, 6.45) is 4.84. The maximum absolute atomic E-state index is 9.05. The molecule has 2 fully saturated rings. The lowest BCUT2D eigenvalue weighted by molar-refractivity contribution is 0.264. The second kappa shape index (κ2) is 3.28. The van der Waals surface area contributed by atoms with Crippen LogP contribution in [0.5, 0.6) is 0 Å². The van der Waals surface area contributed by atoms with E-state index in [0.29, 0.717) is 5.92 Å². The Morgan fingerprint density at radius 2 is 2.00 bits per heavy atom. The first kappa shape index (κ1) is 8.98. The summed E-state index contributed by atoms with van der Waals surface area (Å²) < 4.78 is 0. The highest BCUT2D eigenvalue weighted by atomic mass is 15.2. The van der Waals surface area contributed by atoms with Gasteiger partial charge < -0.3 is 10.6 Å². The fourth-order valence-electron chi connectivity index (χ4n) is 2.16. The standard InChI is InChI=1S/C10H17N3/c11-7-10(12,9-3-4-9)8-13-5-1-2-6-13/h9H,1-6,8,12H2. The van der Waals surface area contributed by atoms with Crippen molar-refractivity contribution in [3.05, 3.63) is 0 Å². The van der Waals surface area contributed by atoms with Crippen LogP contribution in [0.4, 0.5) is 0 Å². The summed E-state index contributed by atoms with van der Waals surface area (Å²) >= 11 is 0. The Kier molecular flexibility index (Phi) is 2.27. The summed E-state index contributed by atoms with van der Waals surface area (Å²) in [6.45, 7) is 3.05. The largest absolute Gasteiger partial charge is 0.312 e. The Balaban J connectivity index is 1.93. The fourth-order valence-corrected chi connectivity index (χ4v) is 2.16. The van der Waals surface area contributed by atoms with E-state index >= 15 is 0 Å². The van der Waals surface area contributed by atoms with Crippen molar-refractivity contribution in [1.29, 1.82) is 5.26 Å². The molecule has 72 valence electrons. The highest BCUT2D eigenvalue weighted by Crippen LogP contribution is 2.38. The molecule has 1 unspecified atom stereocenters. The van der Waals surface area contributed by atoms with Gasteiger partial charge in [-0.3, -0.25) is 0 Å². The van der Waals surface area contributed by atoms with E-state index in [1.807, 2.05) is 0 Å². The smallest absolute Gasteiger partial charge is 0.119 e. The molecular formula is C10H17N3. The topological polar surface area (TPSA) is 53.1 Å². The first-order valence-corrected chi connectivity index (χ1v) is 5.17. The zero-order valence-electron chi connectivity index (χ0n) is 8.00. The van der Waals surface area contributed by atoms with Gasteiger partial charge in [-0.1, -0.05) is 0 Å². The van der Waals surface area contributed by atoms with Crippen LogP contribution in [0.25, 0.3) is 0 Å². The van der Waals surface area contributed by atoms with E-state index in [9.17, 15) is 0 Å². The van der Waals surface area contributed by atoms with Gasteiger partial charge in [0.1, 0.15) is 5.54 Å². The third-order valence-corrected chi connectivity index (χ3v) is 3.20. The molecular weight excluding hydrogens is 162 g/mol. The molecule has 0 amide bonds. The Labute approximate surface area is 79.5 Å². The van der Waals surface area contributed by atoms with Crippen molar-refractivity contribution in [2.24, 2.45) is 11.7 Å². The van der Waals surface area contributed by atoms with Crippen molar-refractivity contribution in [3.63, 3.8) is 0 Å². The molecule has 1 heterocycles. The van der Waals surface area contributed by atoms with Crippen LogP contribution in [0.1, 0.15) is 25.7 Å². The normalized spacial score (nSPS) is 28.3. The van der Waals surface area contributed by atoms with Gasteiger partial charge in [0.05, 0.1) is 6.07 Å². The Morgan fingerprint density at radius 1 is 1.38 bits per heavy atom. The quantitative estimate of drug-likeness (QED) is 0.694. The molecule has 2 N–H and O–H groups in total. The van der Waals surface area contributed by atoms with Crippen molar-refractivity contribution in [2.45, 2.75) is 31.2 Å². The number of likely N-dealkylation sites (tertiary alicyclic amines) is 1. The molecule has 1 atom stereocenters. The lowest BCUT2D eigenvalue weighted by Crippen LogP contribution is -2.50. The van der Waals surface area contributed by atoms with Crippen LogP contribution in [-0.4, -0.2) is 30.1 Å². The molecule has 0 radical (unpaired) electrons. The average Bonchev–Trinajstić information content (AvgIpc) is 2.88. The van der Waals surface area contributed by atoms with Crippen molar-refractivity contribution in [3.8, 4) is 6.07 Å². The predicted octanol–water partition coefficient (Wildman–Crippen LogP) is 0.713. The van der Waals surface area contributed by atoms with Crippen LogP contribution in [-0.2, 0) is 0 Å². The zero-order valence-corrected chi connectivity index (χ0v) is 8.00. The van der Waals surface area contributed by atoms with Crippen molar-refractivity contribution < 1.29 is 0 Å². The number of hydrogen-bond acceptors (Lipinski definition) is 3.